The Morgan fingerprint density at radius 3 is 2.96 bits per heavy atom. The lowest BCUT2D eigenvalue weighted by Gasteiger charge is -2.22. The highest BCUT2D eigenvalue weighted by Gasteiger charge is 2.55. The van der Waals surface area contributed by atoms with Gasteiger partial charge in [-0.2, -0.15) is 0 Å². The maximum atomic E-state index is 13.1. The molecule has 3 heterocycles. The van der Waals surface area contributed by atoms with Gasteiger partial charge in [0.05, 0.1) is 12.2 Å². The number of thiazole rings is 1. The van der Waals surface area contributed by atoms with Gasteiger partial charge in [0.1, 0.15) is 5.54 Å². The molecule has 3 amide bonds. The normalized spacial score (nSPS) is 21.6. The van der Waals surface area contributed by atoms with Gasteiger partial charge in [0, 0.05) is 17.6 Å². The molecule has 130 valence electrons. The predicted octanol–water partition coefficient (Wildman–Crippen LogP) is 1.65. The van der Waals surface area contributed by atoms with E-state index in [-0.39, 0.29) is 18.0 Å². The lowest BCUT2D eigenvalue weighted by molar-refractivity contribution is -0.132. The van der Waals surface area contributed by atoms with E-state index in [4.69, 9.17) is 0 Å². The number of nitrogens with one attached hydrogen (secondary N) is 1. The van der Waals surface area contributed by atoms with Gasteiger partial charge in [0.25, 0.3) is 11.5 Å². The van der Waals surface area contributed by atoms with Crippen molar-refractivity contribution in [3.05, 3.63) is 69.1 Å². The van der Waals surface area contributed by atoms with E-state index < -0.39 is 11.6 Å². The van der Waals surface area contributed by atoms with Crippen LogP contribution in [-0.4, -0.2) is 26.2 Å². The highest BCUT2D eigenvalue weighted by atomic mass is 32.1. The second kappa shape index (κ2) is 5.25. The SMILES string of the molecule is O=C1NC2(CCc3ccccc32)C(=O)N1Cc1cc(=O)n2ccsc2n1. The Balaban J connectivity index is 1.52. The Morgan fingerprint density at radius 2 is 2.08 bits per heavy atom. The van der Waals surface area contributed by atoms with E-state index >= 15 is 0 Å². The summed E-state index contributed by atoms with van der Waals surface area (Å²) in [5.74, 6) is -0.277. The van der Waals surface area contributed by atoms with Gasteiger partial charge in [-0.25, -0.2) is 9.78 Å². The molecule has 1 aliphatic heterocycles. The van der Waals surface area contributed by atoms with E-state index in [1.54, 1.807) is 11.6 Å². The number of carbonyl (C=O) groups excluding carboxylic acids is 2. The van der Waals surface area contributed by atoms with Gasteiger partial charge in [0.15, 0.2) is 4.96 Å². The summed E-state index contributed by atoms with van der Waals surface area (Å²) in [6.45, 7) is -0.0157. The molecule has 1 spiro atoms. The molecular formula is C18H14N4O3S. The number of imide groups is 1. The quantitative estimate of drug-likeness (QED) is 0.699. The summed E-state index contributed by atoms with van der Waals surface area (Å²) in [6, 6.07) is 8.62. The molecule has 1 atom stereocenters. The van der Waals surface area contributed by atoms with Crippen LogP contribution < -0.4 is 10.9 Å². The van der Waals surface area contributed by atoms with Crippen molar-refractivity contribution in [2.45, 2.75) is 24.9 Å². The van der Waals surface area contributed by atoms with Gasteiger partial charge in [-0.3, -0.25) is 18.9 Å². The molecule has 2 aromatic heterocycles. The lowest BCUT2D eigenvalue weighted by Crippen LogP contribution is -2.41. The van der Waals surface area contributed by atoms with E-state index in [2.05, 4.69) is 10.3 Å². The van der Waals surface area contributed by atoms with Crippen LogP contribution >= 0.6 is 11.3 Å². The number of aromatic nitrogens is 2. The van der Waals surface area contributed by atoms with E-state index in [9.17, 15) is 14.4 Å². The molecule has 1 unspecified atom stereocenters. The number of hydrogen-bond donors (Lipinski definition) is 1. The number of aryl methyl sites for hydroxylation is 1. The van der Waals surface area contributed by atoms with Crippen molar-refractivity contribution >= 4 is 28.2 Å². The van der Waals surface area contributed by atoms with Crippen LogP contribution in [0.3, 0.4) is 0 Å². The summed E-state index contributed by atoms with van der Waals surface area (Å²) in [7, 11) is 0. The molecule has 0 radical (unpaired) electrons. The van der Waals surface area contributed by atoms with Crippen LogP contribution in [0.25, 0.3) is 4.96 Å². The van der Waals surface area contributed by atoms with Gasteiger partial charge < -0.3 is 5.32 Å². The fourth-order valence-electron chi connectivity index (χ4n) is 3.86. The minimum absolute atomic E-state index is 0.0157. The van der Waals surface area contributed by atoms with Gasteiger partial charge in [-0.1, -0.05) is 24.3 Å². The Kier molecular flexibility index (Phi) is 3.08. The summed E-state index contributed by atoms with van der Waals surface area (Å²) >= 11 is 1.33. The minimum Gasteiger partial charge on any atom is -0.319 e. The summed E-state index contributed by atoms with van der Waals surface area (Å²) in [5, 5.41) is 4.65. The molecular weight excluding hydrogens is 352 g/mol. The van der Waals surface area contributed by atoms with Crippen molar-refractivity contribution in [1.82, 2.24) is 19.6 Å². The average Bonchev–Trinajstić information content (AvgIpc) is 3.30. The van der Waals surface area contributed by atoms with Crippen LogP contribution in [0.2, 0.25) is 0 Å². The van der Waals surface area contributed by atoms with E-state index in [1.165, 1.54) is 21.8 Å². The number of nitrogens with zero attached hydrogens (tertiary/aromatic N) is 3. The molecule has 1 N–H and O–H groups in total. The maximum Gasteiger partial charge on any atom is 0.325 e. The highest BCUT2D eigenvalue weighted by molar-refractivity contribution is 7.15. The molecule has 1 saturated heterocycles. The maximum absolute atomic E-state index is 13.1. The van der Waals surface area contributed by atoms with Crippen LogP contribution in [0.5, 0.6) is 0 Å². The third-order valence-corrected chi connectivity index (χ3v) is 5.86. The standard InChI is InChI=1S/C18H14N4O3S/c23-14-9-12(19-17-21(14)7-8-26-17)10-22-15(24)18(20-16(22)25)6-5-11-3-1-2-4-13(11)18/h1-4,7-9H,5-6,10H2,(H,20,25). The molecule has 26 heavy (non-hydrogen) atoms. The lowest BCUT2D eigenvalue weighted by atomic mass is 9.92. The van der Waals surface area contributed by atoms with Crippen LogP contribution in [0.4, 0.5) is 4.79 Å². The molecule has 1 aromatic carbocycles. The predicted molar refractivity (Wildman–Crippen MR) is 94.9 cm³/mol. The Morgan fingerprint density at radius 1 is 1.23 bits per heavy atom. The third-order valence-electron chi connectivity index (χ3n) is 5.10. The number of benzene rings is 1. The second-order valence-electron chi connectivity index (χ2n) is 6.53. The van der Waals surface area contributed by atoms with Gasteiger partial charge >= 0.3 is 6.03 Å². The number of amides is 3. The number of rotatable bonds is 2. The summed E-state index contributed by atoms with van der Waals surface area (Å²) in [4.78, 5) is 43.9. The van der Waals surface area contributed by atoms with Gasteiger partial charge in [-0.05, 0) is 24.0 Å². The molecule has 1 fully saturated rings. The van der Waals surface area contributed by atoms with Crippen molar-refractivity contribution in [2.24, 2.45) is 0 Å². The minimum atomic E-state index is -0.990. The Hall–Kier alpha value is -3.00. The second-order valence-corrected chi connectivity index (χ2v) is 7.40. The van der Waals surface area contributed by atoms with E-state index in [0.29, 0.717) is 17.1 Å². The van der Waals surface area contributed by atoms with Crippen molar-refractivity contribution < 1.29 is 9.59 Å². The number of fused-ring (bicyclic) bond motifs is 3. The zero-order valence-electron chi connectivity index (χ0n) is 13.6. The van der Waals surface area contributed by atoms with Crippen LogP contribution in [0.15, 0.2) is 46.7 Å². The Labute approximate surface area is 151 Å². The van der Waals surface area contributed by atoms with Crippen LogP contribution in [0, 0.1) is 0 Å². The summed E-state index contributed by atoms with van der Waals surface area (Å²) in [6.07, 6.45) is 2.95. The monoisotopic (exact) mass is 366 g/mol. The fourth-order valence-corrected chi connectivity index (χ4v) is 4.60. The van der Waals surface area contributed by atoms with Gasteiger partial charge in [-0.15, -0.1) is 11.3 Å². The molecule has 7 nitrogen and oxygen atoms in total. The largest absolute Gasteiger partial charge is 0.325 e. The first-order valence-corrected chi connectivity index (χ1v) is 9.15. The highest BCUT2D eigenvalue weighted by Crippen LogP contribution is 2.41. The smallest absolute Gasteiger partial charge is 0.319 e. The molecule has 2 aliphatic rings. The topological polar surface area (TPSA) is 83.8 Å². The first kappa shape index (κ1) is 15.3. The zero-order chi connectivity index (χ0) is 17.9. The van der Waals surface area contributed by atoms with Crippen LogP contribution in [0.1, 0.15) is 23.2 Å². The van der Waals surface area contributed by atoms with Crippen molar-refractivity contribution in [2.75, 3.05) is 0 Å². The molecule has 0 bridgehead atoms. The first-order valence-electron chi connectivity index (χ1n) is 8.27. The first-order chi connectivity index (χ1) is 12.6. The number of carbonyl (C=O) groups is 2. The number of hydrogen-bond acceptors (Lipinski definition) is 5. The fraction of sp³-hybridized carbons (Fsp3) is 0.222. The Bertz CT molecular complexity index is 1130. The molecule has 1 aliphatic carbocycles. The van der Waals surface area contributed by atoms with Crippen LogP contribution in [-0.2, 0) is 23.3 Å². The average molecular weight is 366 g/mol. The van der Waals surface area contributed by atoms with Crippen molar-refractivity contribution in [3.63, 3.8) is 0 Å². The van der Waals surface area contributed by atoms with E-state index in [1.807, 2.05) is 24.3 Å². The van der Waals surface area contributed by atoms with E-state index in [0.717, 1.165) is 22.4 Å². The zero-order valence-corrected chi connectivity index (χ0v) is 14.5. The molecule has 0 saturated carbocycles. The van der Waals surface area contributed by atoms with Gasteiger partial charge in [0.2, 0.25) is 0 Å². The summed E-state index contributed by atoms with van der Waals surface area (Å²) < 4.78 is 1.44. The molecule has 3 aromatic rings. The van der Waals surface area contributed by atoms with Crippen molar-refractivity contribution in [1.29, 1.82) is 0 Å². The molecule has 5 rings (SSSR count). The third kappa shape index (κ3) is 1.99. The van der Waals surface area contributed by atoms with Crippen molar-refractivity contribution in [3.8, 4) is 0 Å². The summed E-state index contributed by atoms with van der Waals surface area (Å²) in [5.41, 5.74) is 1.14. The number of urea groups is 1. The molecule has 8 heteroatoms.